The van der Waals surface area contributed by atoms with E-state index in [1.165, 1.54) is 12.8 Å². The largest absolute Gasteiger partial charge is 0.379 e. The van der Waals surface area contributed by atoms with Crippen LogP contribution in [0.5, 0.6) is 0 Å². The fraction of sp³-hybridized carbons (Fsp3) is 0.524. The standard InChI is InChI=1S/C21H26ClN7O/c22-16-3-4-19-18(13-16)20(26-21(25-19)23-8-12-30-14-15-1-2-15)28-9-5-17(6-10-28)29-11-7-24-27-29/h3-4,7,11,13,15,17H,1-2,5-6,8-10,12,14H2,(H,23,25,26). The van der Waals surface area contributed by atoms with Gasteiger partial charge in [0.1, 0.15) is 5.82 Å². The van der Waals surface area contributed by atoms with Gasteiger partial charge in [-0.25, -0.2) is 9.67 Å². The van der Waals surface area contributed by atoms with Crippen molar-refractivity contribution in [2.75, 3.05) is 43.1 Å². The van der Waals surface area contributed by atoms with E-state index in [0.29, 0.717) is 30.2 Å². The highest BCUT2D eigenvalue weighted by Crippen LogP contribution is 2.32. The number of halogens is 1. The molecule has 0 bridgehead atoms. The molecule has 1 saturated heterocycles. The fourth-order valence-corrected chi connectivity index (χ4v) is 4.10. The van der Waals surface area contributed by atoms with Crippen molar-refractivity contribution in [2.24, 2.45) is 5.92 Å². The Hall–Kier alpha value is -2.45. The van der Waals surface area contributed by atoms with Crippen LogP contribution in [0.3, 0.4) is 0 Å². The van der Waals surface area contributed by atoms with Gasteiger partial charge < -0.3 is 15.0 Å². The van der Waals surface area contributed by atoms with Gasteiger partial charge in [-0.05, 0) is 49.8 Å². The van der Waals surface area contributed by atoms with E-state index in [2.05, 4.69) is 25.5 Å². The Kier molecular flexibility index (Phi) is 5.68. The van der Waals surface area contributed by atoms with E-state index in [-0.39, 0.29) is 0 Å². The molecule has 1 aliphatic carbocycles. The van der Waals surface area contributed by atoms with Gasteiger partial charge in [-0.15, -0.1) is 5.10 Å². The molecule has 2 aliphatic rings. The van der Waals surface area contributed by atoms with Gasteiger partial charge in [-0.2, -0.15) is 4.98 Å². The zero-order valence-electron chi connectivity index (χ0n) is 16.9. The van der Waals surface area contributed by atoms with Crippen LogP contribution in [0.15, 0.2) is 30.6 Å². The highest BCUT2D eigenvalue weighted by atomic mass is 35.5. The Balaban J connectivity index is 1.31. The quantitative estimate of drug-likeness (QED) is 0.550. The molecule has 1 N–H and O–H groups in total. The van der Waals surface area contributed by atoms with Crippen LogP contribution in [-0.4, -0.2) is 57.8 Å². The lowest BCUT2D eigenvalue weighted by molar-refractivity contribution is 0.134. The van der Waals surface area contributed by atoms with Crippen molar-refractivity contribution in [1.29, 1.82) is 0 Å². The van der Waals surface area contributed by atoms with Crippen LogP contribution >= 0.6 is 11.6 Å². The monoisotopic (exact) mass is 427 g/mol. The molecule has 1 aliphatic heterocycles. The number of ether oxygens (including phenoxy) is 1. The molecule has 0 spiro atoms. The number of hydrogen-bond donors (Lipinski definition) is 1. The summed E-state index contributed by atoms with van der Waals surface area (Å²) >= 11 is 6.28. The third-order valence-corrected chi connectivity index (χ3v) is 6.03. The molecule has 5 rings (SSSR count). The van der Waals surface area contributed by atoms with E-state index >= 15 is 0 Å². The van der Waals surface area contributed by atoms with Gasteiger partial charge in [0, 0.05) is 42.8 Å². The fourth-order valence-electron chi connectivity index (χ4n) is 3.93. The molecule has 158 valence electrons. The summed E-state index contributed by atoms with van der Waals surface area (Å²) < 4.78 is 7.68. The smallest absolute Gasteiger partial charge is 0.225 e. The zero-order valence-corrected chi connectivity index (χ0v) is 17.6. The number of anilines is 2. The second-order valence-corrected chi connectivity index (χ2v) is 8.52. The second-order valence-electron chi connectivity index (χ2n) is 8.08. The maximum atomic E-state index is 6.28. The van der Waals surface area contributed by atoms with Crippen molar-refractivity contribution >= 4 is 34.3 Å². The molecule has 30 heavy (non-hydrogen) atoms. The van der Waals surface area contributed by atoms with Gasteiger partial charge >= 0.3 is 0 Å². The van der Waals surface area contributed by atoms with E-state index in [1.807, 2.05) is 29.1 Å². The molecule has 1 saturated carbocycles. The Morgan fingerprint density at radius 3 is 2.77 bits per heavy atom. The number of aromatic nitrogens is 5. The third-order valence-electron chi connectivity index (χ3n) is 5.80. The molecule has 0 amide bonds. The topological polar surface area (TPSA) is 81.0 Å². The lowest BCUT2D eigenvalue weighted by Crippen LogP contribution is -2.35. The third kappa shape index (κ3) is 4.49. The molecule has 2 aromatic heterocycles. The summed E-state index contributed by atoms with van der Waals surface area (Å²) in [6.45, 7) is 4.02. The van der Waals surface area contributed by atoms with Crippen LogP contribution in [0.1, 0.15) is 31.7 Å². The molecule has 2 fully saturated rings. The lowest BCUT2D eigenvalue weighted by atomic mass is 10.0. The molecule has 9 heteroatoms. The highest BCUT2D eigenvalue weighted by Gasteiger charge is 2.24. The van der Waals surface area contributed by atoms with E-state index in [1.54, 1.807) is 6.20 Å². The Bertz CT molecular complexity index is 984. The maximum absolute atomic E-state index is 6.28. The van der Waals surface area contributed by atoms with Crippen LogP contribution in [0.4, 0.5) is 11.8 Å². The summed E-state index contributed by atoms with van der Waals surface area (Å²) in [5.74, 6) is 2.34. The normalized spacial score (nSPS) is 17.6. The first-order chi connectivity index (χ1) is 14.8. The van der Waals surface area contributed by atoms with Gasteiger partial charge in [-0.1, -0.05) is 16.8 Å². The van der Waals surface area contributed by atoms with Gasteiger partial charge in [-0.3, -0.25) is 0 Å². The minimum atomic E-state index is 0.377. The molecule has 0 unspecified atom stereocenters. The van der Waals surface area contributed by atoms with Crippen LogP contribution in [0.25, 0.3) is 10.9 Å². The van der Waals surface area contributed by atoms with E-state index in [9.17, 15) is 0 Å². The first-order valence-corrected chi connectivity index (χ1v) is 11.0. The number of nitrogens with one attached hydrogen (secondary N) is 1. The Labute approximate surface area is 180 Å². The average Bonchev–Trinajstić information content (AvgIpc) is 3.43. The minimum absolute atomic E-state index is 0.377. The van der Waals surface area contributed by atoms with Crippen LogP contribution in [-0.2, 0) is 4.74 Å². The Morgan fingerprint density at radius 2 is 2.00 bits per heavy atom. The summed E-state index contributed by atoms with van der Waals surface area (Å²) in [6.07, 6.45) is 8.27. The number of nitrogens with zero attached hydrogens (tertiary/aromatic N) is 6. The average molecular weight is 428 g/mol. The van der Waals surface area contributed by atoms with Crippen molar-refractivity contribution in [3.63, 3.8) is 0 Å². The van der Waals surface area contributed by atoms with Crippen LogP contribution in [0.2, 0.25) is 5.02 Å². The first kappa shape index (κ1) is 19.5. The molecular weight excluding hydrogens is 402 g/mol. The van der Waals surface area contributed by atoms with E-state index in [4.69, 9.17) is 21.3 Å². The van der Waals surface area contributed by atoms with E-state index in [0.717, 1.165) is 55.2 Å². The number of fused-ring (bicyclic) bond motifs is 1. The Morgan fingerprint density at radius 1 is 1.13 bits per heavy atom. The minimum Gasteiger partial charge on any atom is -0.379 e. The summed E-state index contributed by atoms with van der Waals surface area (Å²) in [5, 5.41) is 13.1. The van der Waals surface area contributed by atoms with Crippen molar-refractivity contribution in [3.05, 3.63) is 35.6 Å². The van der Waals surface area contributed by atoms with E-state index < -0.39 is 0 Å². The summed E-state index contributed by atoms with van der Waals surface area (Å²) in [5.41, 5.74) is 0.893. The van der Waals surface area contributed by atoms with Gasteiger partial charge in [0.15, 0.2) is 0 Å². The molecular formula is C21H26ClN7O. The maximum Gasteiger partial charge on any atom is 0.225 e. The molecule has 3 heterocycles. The highest BCUT2D eigenvalue weighted by molar-refractivity contribution is 6.31. The summed E-state index contributed by atoms with van der Waals surface area (Å²) in [4.78, 5) is 11.9. The lowest BCUT2D eigenvalue weighted by Gasteiger charge is -2.33. The predicted octanol–water partition coefficient (Wildman–Crippen LogP) is 3.55. The van der Waals surface area contributed by atoms with Crippen LogP contribution in [0, 0.1) is 5.92 Å². The zero-order chi connectivity index (χ0) is 20.3. The molecule has 8 nitrogen and oxygen atoms in total. The molecule has 0 radical (unpaired) electrons. The summed E-state index contributed by atoms with van der Waals surface area (Å²) in [6, 6.07) is 6.17. The van der Waals surface area contributed by atoms with Crippen LogP contribution < -0.4 is 10.2 Å². The number of benzene rings is 1. The first-order valence-electron chi connectivity index (χ1n) is 10.7. The number of hydrogen-bond acceptors (Lipinski definition) is 7. The van der Waals surface area contributed by atoms with Gasteiger partial charge in [0.2, 0.25) is 5.95 Å². The van der Waals surface area contributed by atoms with Crippen molar-refractivity contribution < 1.29 is 4.74 Å². The van der Waals surface area contributed by atoms with Crippen molar-refractivity contribution in [1.82, 2.24) is 25.0 Å². The van der Waals surface area contributed by atoms with Crippen molar-refractivity contribution in [2.45, 2.75) is 31.7 Å². The van der Waals surface area contributed by atoms with Gasteiger partial charge in [0.25, 0.3) is 0 Å². The predicted molar refractivity (Wildman–Crippen MR) is 117 cm³/mol. The molecule has 1 aromatic carbocycles. The van der Waals surface area contributed by atoms with Gasteiger partial charge in [0.05, 0.1) is 24.4 Å². The second kappa shape index (κ2) is 8.73. The van der Waals surface area contributed by atoms with Crippen molar-refractivity contribution in [3.8, 4) is 0 Å². The molecule has 3 aromatic rings. The summed E-state index contributed by atoms with van der Waals surface area (Å²) in [7, 11) is 0. The number of piperidine rings is 1. The SMILES string of the molecule is Clc1ccc2nc(NCCOCC3CC3)nc(N3CCC(n4ccnn4)CC3)c2c1. The number of rotatable bonds is 8. The molecule has 0 atom stereocenters.